The van der Waals surface area contributed by atoms with Crippen LogP contribution in [0, 0.1) is 5.82 Å². The minimum Gasteiger partial charge on any atom is -0.489 e. The average Bonchev–Trinajstić information content (AvgIpc) is 2.50. The summed E-state index contributed by atoms with van der Waals surface area (Å²) in [4.78, 5) is 15.9. The van der Waals surface area contributed by atoms with Gasteiger partial charge in [0.15, 0.2) is 11.6 Å². The van der Waals surface area contributed by atoms with Crippen LogP contribution in [0.15, 0.2) is 48.7 Å². The van der Waals surface area contributed by atoms with E-state index >= 15 is 0 Å². The normalized spacial score (nSPS) is 11.7. The number of pyridine rings is 1. The Morgan fingerprint density at radius 2 is 2.00 bits per heavy atom. The van der Waals surface area contributed by atoms with Gasteiger partial charge in [-0.15, -0.1) is 0 Å². The van der Waals surface area contributed by atoms with Gasteiger partial charge in [0.2, 0.25) is 0 Å². The lowest BCUT2D eigenvalue weighted by Gasteiger charge is -2.15. The Kier molecular flexibility index (Phi) is 4.65. The smallest absolute Gasteiger partial charge is 0.318 e. The molecule has 2 rings (SSSR count). The summed E-state index contributed by atoms with van der Waals surface area (Å²) < 4.78 is 23.6. The van der Waals surface area contributed by atoms with E-state index in [2.05, 4.69) is 4.98 Å². The molecule has 1 unspecified atom stereocenters. The van der Waals surface area contributed by atoms with Crippen LogP contribution in [-0.2, 0) is 9.53 Å². The van der Waals surface area contributed by atoms with Gasteiger partial charge in [-0.05, 0) is 24.3 Å². The standard InChI is InChI=1S/C15H14FNO3/c1-19-15(18)11(13-7-4-5-9-17-13)10-20-14-8-3-2-6-12(14)16/h2-9,11H,10H2,1H3. The van der Waals surface area contributed by atoms with E-state index in [1.54, 1.807) is 36.5 Å². The Balaban J connectivity index is 2.14. The van der Waals surface area contributed by atoms with Crippen molar-refractivity contribution < 1.29 is 18.7 Å². The van der Waals surface area contributed by atoms with Crippen molar-refractivity contribution in [2.75, 3.05) is 13.7 Å². The van der Waals surface area contributed by atoms with E-state index < -0.39 is 17.7 Å². The summed E-state index contributed by atoms with van der Waals surface area (Å²) in [5.74, 6) is -1.55. The van der Waals surface area contributed by atoms with E-state index in [0.29, 0.717) is 5.69 Å². The van der Waals surface area contributed by atoms with E-state index in [0.717, 1.165) is 0 Å². The van der Waals surface area contributed by atoms with Gasteiger partial charge in [0.05, 0.1) is 12.8 Å². The molecule has 20 heavy (non-hydrogen) atoms. The van der Waals surface area contributed by atoms with Gasteiger partial charge in [0.25, 0.3) is 0 Å². The molecule has 0 bridgehead atoms. The molecule has 1 aromatic heterocycles. The van der Waals surface area contributed by atoms with Crippen LogP contribution < -0.4 is 4.74 Å². The molecule has 0 fully saturated rings. The Bertz CT molecular complexity index is 574. The Morgan fingerprint density at radius 3 is 2.65 bits per heavy atom. The first-order chi connectivity index (χ1) is 9.72. The van der Waals surface area contributed by atoms with Crippen molar-refractivity contribution >= 4 is 5.97 Å². The molecule has 0 saturated carbocycles. The zero-order valence-corrected chi connectivity index (χ0v) is 11.0. The third kappa shape index (κ3) is 3.32. The van der Waals surface area contributed by atoms with E-state index in [-0.39, 0.29) is 12.4 Å². The first kappa shape index (κ1) is 14.0. The molecular weight excluding hydrogens is 261 g/mol. The molecule has 1 heterocycles. The molecule has 0 saturated heterocycles. The maximum Gasteiger partial charge on any atom is 0.318 e. The number of carbonyl (C=O) groups excluding carboxylic acids is 1. The van der Waals surface area contributed by atoms with Gasteiger partial charge in [-0.1, -0.05) is 18.2 Å². The van der Waals surface area contributed by atoms with Crippen molar-refractivity contribution in [3.63, 3.8) is 0 Å². The number of hydrogen-bond donors (Lipinski definition) is 0. The molecule has 4 nitrogen and oxygen atoms in total. The van der Waals surface area contributed by atoms with Crippen LogP contribution in [0.5, 0.6) is 5.75 Å². The van der Waals surface area contributed by atoms with E-state index in [4.69, 9.17) is 9.47 Å². The Morgan fingerprint density at radius 1 is 1.25 bits per heavy atom. The topological polar surface area (TPSA) is 48.4 Å². The van der Waals surface area contributed by atoms with E-state index in [1.165, 1.54) is 19.2 Å². The SMILES string of the molecule is COC(=O)C(COc1ccccc1F)c1ccccn1. The van der Waals surface area contributed by atoms with Crippen molar-refractivity contribution in [3.05, 3.63) is 60.2 Å². The predicted molar refractivity (Wildman–Crippen MR) is 70.9 cm³/mol. The molecule has 0 radical (unpaired) electrons. The van der Waals surface area contributed by atoms with Crippen LogP contribution in [0.1, 0.15) is 11.6 Å². The second-order valence-electron chi connectivity index (χ2n) is 4.07. The van der Waals surface area contributed by atoms with Gasteiger partial charge in [0, 0.05) is 6.20 Å². The number of aromatic nitrogens is 1. The summed E-state index contributed by atoms with van der Waals surface area (Å²) >= 11 is 0. The van der Waals surface area contributed by atoms with Gasteiger partial charge < -0.3 is 9.47 Å². The molecule has 0 aliphatic heterocycles. The molecule has 1 aromatic carbocycles. The van der Waals surface area contributed by atoms with Crippen LogP contribution >= 0.6 is 0 Å². The number of carbonyl (C=O) groups is 1. The van der Waals surface area contributed by atoms with Crippen molar-refractivity contribution in [2.45, 2.75) is 5.92 Å². The summed E-state index contributed by atoms with van der Waals surface area (Å²) in [6, 6.07) is 11.2. The number of methoxy groups -OCH3 is 1. The number of rotatable bonds is 5. The van der Waals surface area contributed by atoms with Crippen molar-refractivity contribution in [3.8, 4) is 5.75 Å². The highest BCUT2D eigenvalue weighted by Crippen LogP contribution is 2.20. The van der Waals surface area contributed by atoms with Gasteiger partial charge in [-0.3, -0.25) is 9.78 Å². The largest absolute Gasteiger partial charge is 0.489 e. The molecule has 2 aromatic rings. The molecule has 0 amide bonds. The second-order valence-corrected chi connectivity index (χ2v) is 4.07. The van der Waals surface area contributed by atoms with Crippen LogP contribution in [0.4, 0.5) is 4.39 Å². The molecule has 0 aliphatic rings. The highest BCUT2D eigenvalue weighted by Gasteiger charge is 2.24. The molecule has 1 atom stereocenters. The zero-order valence-electron chi connectivity index (χ0n) is 11.0. The zero-order chi connectivity index (χ0) is 14.4. The fourth-order valence-corrected chi connectivity index (χ4v) is 1.73. The molecular formula is C15H14FNO3. The van der Waals surface area contributed by atoms with Crippen LogP contribution in [0.25, 0.3) is 0 Å². The maximum atomic E-state index is 13.5. The monoisotopic (exact) mass is 275 g/mol. The lowest BCUT2D eigenvalue weighted by molar-refractivity contribution is -0.143. The lowest BCUT2D eigenvalue weighted by atomic mass is 10.1. The van der Waals surface area contributed by atoms with Crippen LogP contribution in [-0.4, -0.2) is 24.7 Å². The number of esters is 1. The van der Waals surface area contributed by atoms with Gasteiger partial charge in [-0.25, -0.2) is 4.39 Å². The number of nitrogens with zero attached hydrogens (tertiary/aromatic N) is 1. The highest BCUT2D eigenvalue weighted by molar-refractivity contribution is 5.77. The molecule has 104 valence electrons. The first-order valence-corrected chi connectivity index (χ1v) is 6.08. The molecule has 0 spiro atoms. The second kappa shape index (κ2) is 6.65. The highest BCUT2D eigenvalue weighted by atomic mass is 19.1. The number of benzene rings is 1. The number of para-hydroxylation sites is 1. The summed E-state index contributed by atoms with van der Waals surface area (Å²) in [7, 11) is 1.29. The fourth-order valence-electron chi connectivity index (χ4n) is 1.73. The third-order valence-electron chi connectivity index (χ3n) is 2.77. The average molecular weight is 275 g/mol. The van der Waals surface area contributed by atoms with E-state index in [1.807, 2.05) is 0 Å². The number of halogens is 1. The predicted octanol–water partition coefficient (Wildman–Crippen LogP) is 2.56. The van der Waals surface area contributed by atoms with Crippen LogP contribution in [0.2, 0.25) is 0 Å². The number of hydrogen-bond acceptors (Lipinski definition) is 4. The molecule has 0 aliphatic carbocycles. The number of ether oxygens (including phenoxy) is 2. The van der Waals surface area contributed by atoms with Crippen molar-refractivity contribution in [1.82, 2.24) is 4.98 Å². The lowest BCUT2D eigenvalue weighted by Crippen LogP contribution is -2.22. The van der Waals surface area contributed by atoms with Crippen LogP contribution in [0.3, 0.4) is 0 Å². The van der Waals surface area contributed by atoms with Crippen molar-refractivity contribution in [1.29, 1.82) is 0 Å². The summed E-state index contributed by atoms with van der Waals surface area (Å²) in [6.07, 6.45) is 1.58. The third-order valence-corrected chi connectivity index (χ3v) is 2.77. The minimum atomic E-state index is -0.694. The Labute approximate surface area is 116 Å². The van der Waals surface area contributed by atoms with Gasteiger partial charge in [-0.2, -0.15) is 0 Å². The summed E-state index contributed by atoms with van der Waals surface area (Å²) in [6.45, 7) is -0.0371. The quantitative estimate of drug-likeness (QED) is 0.787. The van der Waals surface area contributed by atoms with Crippen molar-refractivity contribution in [2.24, 2.45) is 0 Å². The maximum absolute atomic E-state index is 13.5. The Hall–Kier alpha value is -2.43. The van der Waals surface area contributed by atoms with E-state index in [9.17, 15) is 9.18 Å². The van der Waals surface area contributed by atoms with Gasteiger partial charge in [0.1, 0.15) is 12.5 Å². The summed E-state index contributed by atoms with van der Waals surface area (Å²) in [5.41, 5.74) is 0.524. The first-order valence-electron chi connectivity index (χ1n) is 6.08. The molecule has 5 heteroatoms. The fraction of sp³-hybridized carbons (Fsp3) is 0.200. The summed E-state index contributed by atoms with van der Waals surface area (Å²) in [5, 5.41) is 0. The molecule has 0 N–H and O–H groups in total. The minimum absolute atomic E-state index is 0.0371. The van der Waals surface area contributed by atoms with Gasteiger partial charge >= 0.3 is 5.97 Å².